The molecule has 0 N–H and O–H groups in total. The Balaban J connectivity index is 2.36. The highest BCUT2D eigenvalue weighted by atomic mass is 16.5. The van der Waals surface area contributed by atoms with Crippen molar-refractivity contribution >= 4 is 0 Å². The average Bonchev–Trinajstić information content (AvgIpc) is 2.40. The minimum Gasteiger partial charge on any atom is -0.491 e. The third-order valence-corrected chi connectivity index (χ3v) is 2.70. The highest BCUT2D eigenvalue weighted by Crippen LogP contribution is 2.24. The van der Waals surface area contributed by atoms with Crippen molar-refractivity contribution in [3.05, 3.63) is 28.8 Å². The summed E-state index contributed by atoms with van der Waals surface area (Å²) in [5, 5.41) is 8.87. The van der Waals surface area contributed by atoms with Crippen molar-refractivity contribution < 1.29 is 14.2 Å². The second-order valence-corrected chi connectivity index (χ2v) is 4.36. The van der Waals surface area contributed by atoms with Crippen LogP contribution in [0.2, 0.25) is 0 Å². The van der Waals surface area contributed by atoms with E-state index in [1.807, 2.05) is 26.0 Å². The number of hydrogen-bond donors (Lipinski definition) is 0. The van der Waals surface area contributed by atoms with Gasteiger partial charge in [-0.05, 0) is 43.5 Å². The topological polar surface area (TPSA) is 51.5 Å². The van der Waals surface area contributed by atoms with E-state index < -0.39 is 0 Å². The van der Waals surface area contributed by atoms with Crippen LogP contribution < -0.4 is 4.74 Å². The monoisotopic (exact) mass is 263 g/mol. The molecule has 4 heteroatoms. The van der Waals surface area contributed by atoms with Crippen LogP contribution in [-0.4, -0.2) is 33.5 Å². The van der Waals surface area contributed by atoms with E-state index in [1.165, 1.54) is 0 Å². The van der Waals surface area contributed by atoms with Crippen LogP contribution >= 0.6 is 0 Å². The summed E-state index contributed by atoms with van der Waals surface area (Å²) in [6.07, 6.45) is 0.894. The van der Waals surface area contributed by atoms with Gasteiger partial charge in [0.05, 0.1) is 18.2 Å². The Hall–Kier alpha value is -1.57. The molecule has 0 unspecified atom stereocenters. The Morgan fingerprint density at radius 3 is 2.32 bits per heavy atom. The molecule has 1 aromatic rings. The molecule has 0 aliphatic heterocycles. The number of ether oxygens (including phenoxy) is 3. The maximum Gasteiger partial charge on any atom is 0.125 e. The van der Waals surface area contributed by atoms with Crippen LogP contribution in [0, 0.1) is 25.2 Å². The van der Waals surface area contributed by atoms with Gasteiger partial charge in [-0.3, -0.25) is 0 Å². The lowest BCUT2D eigenvalue weighted by Crippen LogP contribution is -2.09. The largest absolute Gasteiger partial charge is 0.491 e. The fourth-order valence-electron chi connectivity index (χ4n) is 1.85. The molecule has 0 aliphatic carbocycles. The van der Waals surface area contributed by atoms with Gasteiger partial charge in [-0.1, -0.05) is 0 Å². The number of nitriles is 1. The van der Waals surface area contributed by atoms with E-state index in [0.717, 1.165) is 23.3 Å². The molecule has 0 aliphatic rings. The third kappa shape index (κ3) is 5.29. The Morgan fingerprint density at radius 2 is 1.74 bits per heavy atom. The predicted octanol–water partition coefficient (Wildman–Crippen LogP) is 2.61. The van der Waals surface area contributed by atoms with Gasteiger partial charge in [0.1, 0.15) is 12.4 Å². The van der Waals surface area contributed by atoms with E-state index in [1.54, 1.807) is 7.11 Å². The van der Waals surface area contributed by atoms with Crippen molar-refractivity contribution in [2.75, 3.05) is 33.5 Å². The minimum atomic E-state index is 0.514. The number of methoxy groups -OCH3 is 1. The van der Waals surface area contributed by atoms with E-state index >= 15 is 0 Å². The standard InChI is InChI=1S/C15H21NO3/c1-12-9-14(11-16)10-13(2)15(12)19-8-7-18-6-4-5-17-3/h9-10H,4-8H2,1-3H3. The van der Waals surface area contributed by atoms with Crippen molar-refractivity contribution in [3.63, 3.8) is 0 Å². The number of hydrogen-bond acceptors (Lipinski definition) is 4. The maximum absolute atomic E-state index is 8.87. The summed E-state index contributed by atoms with van der Waals surface area (Å²) >= 11 is 0. The van der Waals surface area contributed by atoms with Crippen LogP contribution in [0.25, 0.3) is 0 Å². The van der Waals surface area contributed by atoms with Crippen LogP contribution in [0.4, 0.5) is 0 Å². The fourth-order valence-corrected chi connectivity index (χ4v) is 1.85. The zero-order chi connectivity index (χ0) is 14.1. The van der Waals surface area contributed by atoms with Gasteiger partial charge in [0.2, 0.25) is 0 Å². The minimum absolute atomic E-state index is 0.514. The molecular weight excluding hydrogens is 242 g/mol. The number of benzene rings is 1. The Morgan fingerprint density at radius 1 is 1.05 bits per heavy atom. The van der Waals surface area contributed by atoms with E-state index in [2.05, 4.69) is 6.07 Å². The van der Waals surface area contributed by atoms with Crippen LogP contribution in [0.1, 0.15) is 23.1 Å². The van der Waals surface area contributed by atoms with Gasteiger partial charge < -0.3 is 14.2 Å². The summed E-state index contributed by atoms with van der Waals surface area (Å²) in [5.74, 6) is 0.847. The first kappa shape index (κ1) is 15.5. The Labute approximate surface area is 114 Å². The first-order valence-corrected chi connectivity index (χ1v) is 6.40. The highest BCUT2D eigenvalue weighted by Gasteiger charge is 2.06. The molecule has 4 nitrogen and oxygen atoms in total. The SMILES string of the molecule is COCCCOCCOc1c(C)cc(C#N)cc1C. The quantitative estimate of drug-likeness (QED) is 0.676. The molecule has 0 saturated heterocycles. The molecule has 0 heterocycles. The molecule has 0 bridgehead atoms. The first-order chi connectivity index (χ1) is 9.19. The molecule has 0 saturated carbocycles. The molecule has 0 fully saturated rings. The zero-order valence-corrected chi connectivity index (χ0v) is 11.9. The summed E-state index contributed by atoms with van der Waals surface area (Å²) < 4.78 is 16.1. The summed E-state index contributed by atoms with van der Waals surface area (Å²) in [6, 6.07) is 5.81. The van der Waals surface area contributed by atoms with E-state index in [4.69, 9.17) is 19.5 Å². The van der Waals surface area contributed by atoms with Gasteiger partial charge in [-0.2, -0.15) is 5.26 Å². The summed E-state index contributed by atoms with van der Waals surface area (Å²) in [6.45, 7) is 6.37. The predicted molar refractivity (Wildman–Crippen MR) is 73.4 cm³/mol. The Bertz CT molecular complexity index is 415. The summed E-state index contributed by atoms with van der Waals surface area (Å²) in [4.78, 5) is 0. The van der Waals surface area contributed by atoms with E-state index in [-0.39, 0.29) is 0 Å². The molecule has 104 valence electrons. The van der Waals surface area contributed by atoms with E-state index in [9.17, 15) is 0 Å². The van der Waals surface area contributed by atoms with Crippen LogP contribution in [0.5, 0.6) is 5.75 Å². The van der Waals surface area contributed by atoms with Crippen molar-refractivity contribution in [3.8, 4) is 11.8 Å². The summed E-state index contributed by atoms with van der Waals surface area (Å²) in [7, 11) is 1.68. The van der Waals surface area contributed by atoms with Crippen LogP contribution in [-0.2, 0) is 9.47 Å². The van der Waals surface area contributed by atoms with Crippen molar-refractivity contribution in [2.45, 2.75) is 20.3 Å². The van der Waals surface area contributed by atoms with Crippen LogP contribution in [0.3, 0.4) is 0 Å². The number of nitrogens with zero attached hydrogens (tertiary/aromatic N) is 1. The normalized spacial score (nSPS) is 10.2. The molecule has 0 radical (unpaired) electrons. The van der Waals surface area contributed by atoms with Crippen molar-refractivity contribution in [1.82, 2.24) is 0 Å². The zero-order valence-electron chi connectivity index (χ0n) is 11.9. The van der Waals surface area contributed by atoms with Gasteiger partial charge in [0.15, 0.2) is 0 Å². The first-order valence-electron chi connectivity index (χ1n) is 6.40. The maximum atomic E-state index is 8.87. The fraction of sp³-hybridized carbons (Fsp3) is 0.533. The lowest BCUT2D eigenvalue weighted by Gasteiger charge is -2.12. The second-order valence-electron chi connectivity index (χ2n) is 4.36. The number of aryl methyl sites for hydroxylation is 2. The van der Waals surface area contributed by atoms with Crippen molar-refractivity contribution in [1.29, 1.82) is 5.26 Å². The molecule has 19 heavy (non-hydrogen) atoms. The molecule has 0 atom stereocenters. The molecule has 1 rings (SSSR count). The van der Waals surface area contributed by atoms with Gasteiger partial charge in [0, 0.05) is 20.3 Å². The van der Waals surface area contributed by atoms with Gasteiger partial charge in [-0.25, -0.2) is 0 Å². The lowest BCUT2D eigenvalue weighted by atomic mass is 10.1. The highest BCUT2D eigenvalue weighted by molar-refractivity contribution is 5.47. The second kappa shape index (κ2) is 8.52. The van der Waals surface area contributed by atoms with Crippen molar-refractivity contribution in [2.24, 2.45) is 0 Å². The van der Waals surface area contributed by atoms with Gasteiger partial charge in [0.25, 0.3) is 0 Å². The molecule has 0 aromatic heterocycles. The smallest absolute Gasteiger partial charge is 0.125 e. The number of rotatable bonds is 8. The average molecular weight is 263 g/mol. The molecular formula is C15H21NO3. The third-order valence-electron chi connectivity index (χ3n) is 2.70. The summed E-state index contributed by atoms with van der Waals surface area (Å²) in [5.41, 5.74) is 2.63. The van der Waals surface area contributed by atoms with E-state index in [0.29, 0.717) is 32.0 Å². The molecule has 0 amide bonds. The van der Waals surface area contributed by atoms with Gasteiger partial charge in [-0.15, -0.1) is 0 Å². The van der Waals surface area contributed by atoms with Crippen LogP contribution in [0.15, 0.2) is 12.1 Å². The molecule has 1 aromatic carbocycles. The van der Waals surface area contributed by atoms with Gasteiger partial charge >= 0.3 is 0 Å². The molecule has 0 spiro atoms. The Kier molecular flexibility index (Phi) is 6.94. The lowest BCUT2D eigenvalue weighted by molar-refractivity contribution is 0.0803.